The minimum absolute atomic E-state index is 0. The first kappa shape index (κ1) is 12.3. The van der Waals surface area contributed by atoms with Gasteiger partial charge in [0.15, 0.2) is 11.6 Å². The van der Waals surface area contributed by atoms with Crippen molar-refractivity contribution in [3.8, 4) is 5.75 Å². The van der Waals surface area contributed by atoms with Crippen LogP contribution in [0.4, 0.5) is 4.39 Å². The van der Waals surface area contributed by atoms with Gasteiger partial charge in [0, 0.05) is 11.6 Å². The topological polar surface area (TPSA) is 35.2 Å². The van der Waals surface area contributed by atoms with E-state index in [-0.39, 0.29) is 24.3 Å². The minimum Gasteiger partial charge on any atom is -0.493 e. The summed E-state index contributed by atoms with van der Waals surface area (Å²) in [4.78, 5) is 0. The number of hydrogen-bond acceptors (Lipinski definition) is 2. The van der Waals surface area contributed by atoms with E-state index < -0.39 is 0 Å². The van der Waals surface area contributed by atoms with Crippen LogP contribution in [-0.2, 0) is 0 Å². The summed E-state index contributed by atoms with van der Waals surface area (Å²) < 4.78 is 18.3. The standard InChI is InChI=1S/C11H14FNO.ClH/c1-14-11-8(3-2-4-9(11)12)10(13)7-5-6-7;/h2-4,7,10H,5-6,13H2,1H3;1H. The normalized spacial score (nSPS) is 16.7. The number of methoxy groups -OCH3 is 1. The highest BCUT2D eigenvalue weighted by Crippen LogP contribution is 2.42. The summed E-state index contributed by atoms with van der Waals surface area (Å²) in [5, 5.41) is 0. The van der Waals surface area contributed by atoms with E-state index in [4.69, 9.17) is 10.5 Å². The molecule has 84 valence electrons. The SMILES string of the molecule is COc1c(F)cccc1C(N)C1CC1.Cl. The van der Waals surface area contributed by atoms with Crippen LogP contribution >= 0.6 is 12.4 Å². The molecular weight excluding hydrogens is 217 g/mol. The number of ether oxygens (including phenoxy) is 1. The monoisotopic (exact) mass is 231 g/mol. The van der Waals surface area contributed by atoms with Crippen molar-refractivity contribution in [3.05, 3.63) is 29.6 Å². The Bertz CT molecular complexity index is 341. The highest BCUT2D eigenvalue weighted by Gasteiger charge is 2.31. The van der Waals surface area contributed by atoms with Crippen LogP contribution in [0.1, 0.15) is 24.4 Å². The van der Waals surface area contributed by atoms with Gasteiger partial charge >= 0.3 is 0 Å². The molecule has 0 heterocycles. The number of benzene rings is 1. The molecule has 1 saturated carbocycles. The van der Waals surface area contributed by atoms with E-state index in [1.165, 1.54) is 13.2 Å². The van der Waals surface area contributed by atoms with Crippen LogP contribution in [0.5, 0.6) is 5.75 Å². The third-order valence-corrected chi connectivity index (χ3v) is 2.69. The predicted molar refractivity (Wildman–Crippen MR) is 59.9 cm³/mol. The van der Waals surface area contributed by atoms with Gasteiger partial charge in [-0.3, -0.25) is 0 Å². The van der Waals surface area contributed by atoms with Gasteiger partial charge in [0.1, 0.15) is 0 Å². The van der Waals surface area contributed by atoms with Crippen molar-refractivity contribution in [2.45, 2.75) is 18.9 Å². The van der Waals surface area contributed by atoms with E-state index in [2.05, 4.69) is 0 Å². The van der Waals surface area contributed by atoms with Gasteiger partial charge in [0.25, 0.3) is 0 Å². The van der Waals surface area contributed by atoms with Crippen LogP contribution in [0.2, 0.25) is 0 Å². The van der Waals surface area contributed by atoms with Crippen LogP contribution in [-0.4, -0.2) is 7.11 Å². The van der Waals surface area contributed by atoms with Crippen molar-refractivity contribution in [1.82, 2.24) is 0 Å². The molecule has 2 N–H and O–H groups in total. The summed E-state index contributed by atoms with van der Waals surface area (Å²) in [5.74, 6) is 0.471. The molecule has 1 unspecified atom stereocenters. The zero-order valence-electron chi connectivity index (χ0n) is 8.57. The Morgan fingerprint density at radius 2 is 2.13 bits per heavy atom. The lowest BCUT2D eigenvalue weighted by Gasteiger charge is -2.15. The molecule has 15 heavy (non-hydrogen) atoms. The fourth-order valence-corrected chi connectivity index (χ4v) is 1.71. The lowest BCUT2D eigenvalue weighted by molar-refractivity contribution is 0.375. The van der Waals surface area contributed by atoms with E-state index in [9.17, 15) is 4.39 Å². The molecule has 1 aliphatic rings. The van der Waals surface area contributed by atoms with Crippen LogP contribution in [0.15, 0.2) is 18.2 Å². The summed E-state index contributed by atoms with van der Waals surface area (Å²) in [6.45, 7) is 0. The molecule has 1 aromatic carbocycles. The second-order valence-electron chi connectivity index (χ2n) is 3.73. The van der Waals surface area contributed by atoms with E-state index in [0.29, 0.717) is 11.7 Å². The molecule has 0 bridgehead atoms. The van der Waals surface area contributed by atoms with E-state index in [0.717, 1.165) is 18.4 Å². The van der Waals surface area contributed by atoms with Crippen molar-refractivity contribution in [3.63, 3.8) is 0 Å². The van der Waals surface area contributed by atoms with Gasteiger partial charge in [-0.05, 0) is 24.8 Å². The summed E-state index contributed by atoms with van der Waals surface area (Å²) in [7, 11) is 1.47. The van der Waals surface area contributed by atoms with Gasteiger partial charge in [0.05, 0.1) is 7.11 Å². The highest BCUT2D eigenvalue weighted by atomic mass is 35.5. The molecule has 1 aliphatic carbocycles. The molecule has 2 rings (SSSR count). The van der Waals surface area contributed by atoms with Crippen molar-refractivity contribution >= 4 is 12.4 Å². The van der Waals surface area contributed by atoms with E-state index in [1.54, 1.807) is 6.07 Å². The summed E-state index contributed by atoms with van der Waals surface area (Å²) >= 11 is 0. The Morgan fingerprint density at radius 3 is 2.67 bits per heavy atom. The third kappa shape index (κ3) is 2.41. The molecular formula is C11H15ClFNO. The lowest BCUT2D eigenvalue weighted by Crippen LogP contribution is -2.14. The van der Waals surface area contributed by atoms with Gasteiger partial charge in [0.2, 0.25) is 0 Å². The quantitative estimate of drug-likeness (QED) is 0.868. The summed E-state index contributed by atoms with van der Waals surface area (Å²) in [5.41, 5.74) is 6.79. The molecule has 0 aromatic heterocycles. The zero-order valence-corrected chi connectivity index (χ0v) is 9.39. The largest absolute Gasteiger partial charge is 0.493 e. The first-order valence-electron chi connectivity index (χ1n) is 4.82. The maximum absolute atomic E-state index is 13.3. The first-order chi connectivity index (χ1) is 6.74. The maximum atomic E-state index is 13.3. The van der Waals surface area contributed by atoms with E-state index >= 15 is 0 Å². The maximum Gasteiger partial charge on any atom is 0.165 e. The molecule has 0 saturated heterocycles. The second kappa shape index (κ2) is 4.81. The van der Waals surface area contributed by atoms with Crippen LogP contribution in [0, 0.1) is 11.7 Å². The number of nitrogens with two attached hydrogens (primary N) is 1. The molecule has 1 atom stereocenters. The highest BCUT2D eigenvalue weighted by molar-refractivity contribution is 5.85. The first-order valence-corrected chi connectivity index (χ1v) is 4.82. The Balaban J connectivity index is 0.00000112. The average molecular weight is 232 g/mol. The molecule has 0 radical (unpaired) electrons. The Morgan fingerprint density at radius 1 is 1.47 bits per heavy atom. The Labute approximate surface area is 95.0 Å². The lowest BCUT2D eigenvalue weighted by atomic mass is 10.0. The molecule has 0 amide bonds. The van der Waals surface area contributed by atoms with Crippen LogP contribution in [0.3, 0.4) is 0 Å². The van der Waals surface area contributed by atoms with Crippen LogP contribution < -0.4 is 10.5 Å². The fraction of sp³-hybridized carbons (Fsp3) is 0.455. The average Bonchev–Trinajstić information content (AvgIpc) is 2.99. The third-order valence-electron chi connectivity index (χ3n) is 2.69. The molecule has 2 nitrogen and oxygen atoms in total. The molecule has 4 heteroatoms. The fourth-order valence-electron chi connectivity index (χ4n) is 1.71. The number of para-hydroxylation sites is 1. The predicted octanol–water partition coefficient (Wildman–Crippen LogP) is 2.67. The molecule has 1 fully saturated rings. The van der Waals surface area contributed by atoms with Crippen molar-refractivity contribution in [2.75, 3.05) is 7.11 Å². The van der Waals surface area contributed by atoms with Crippen LogP contribution in [0.25, 0.3) is 0 Å². The second-order valence-corrected chi connectivity index (χ2v) is 3.73. The van der Waals surface area contributed by atoms with Gasteiger partial charge in [-0.1, -0.05) is 12.1 Å². The van der Waals surface area contributed by atoms with Crippen molar-refractivity contribution in [1.29, 1.82) is 0 Å². The van der Waals surface area contributed by atoms with Crippen molar-refractivity contribution < 1.29 is 9.13 Å². The molecule has 0 spiro atoms. The van der Waals surface area contributed by atoms with E-state index in [1.807, 2.05) is 6.07 Å². The Kier molecular flexibility index (Phi) is 3.94. The summed E-state index contributed by atoms with van der Waals surface area (Å²) in [6, 6.07) is 4.82. The zero-order chi connectivity index (χ0) is 10.1. The number of hydrogen-bond donors (Lipinski definition) is 1. The minimum atomic E-state index is -0.332. The van der Waals surface area contributed by atoms with Gasteiger partial charge < -0.3 is 10.5 Å². The summed E-state index contributed by atoms with van der Waals surface area (Å²) in [6.07, 6.45) is 2.28. The van der Waals surface area contributed by atoms with Gasteiger partial charge in [-0.25, -0.2) is 4.39 Å². The molecule has 0 aliphatic heterocycles. The van der Waals surface area contributed by atoms with Gasteiger partial charge in [-0.15, -0.1) is 12.4 Å². The number of rotatable bonds is 3. The number of halogens is 2. The van der Waals surface area contributed by atoms with Gasteiger partial charge in [-0.2, -0.15) is 0 Å². The smallest absolute Gasteiger partial charge is 0.165 e. The Hall–Kier alpha value is -0.800. The van der Waals surface area contributed by atoms with Crippen molar-refractivity contribution in [2.24, 2.45) is 11.7 Å². The molecule has 1 aromatic rings.